The lowest BCUT2D eigenvalue weighted by Crippen LogP contribution is -2.54. The number of nitrogens with zero attached hydrogens (tertiary/aromatic N) is 2. The number of aryl methyl sites for hydroxylation is 3. The van der Waals surface area contributed by atoms with Crippen molar-refractivity contribution in [2.24, 2.45) is 0 Å². The summed E-state index contributed by atoms with van der Waals surface area (Å²) in [7, 11) is 0. The Kier molecular flexibility index (Phi) is 6.33. The fourth-order valence-electron chi connectivity index (χ4n) is 5.24. The van der Waals surface area contributed by atoms with Crippen molar-refractivity contribution < 1.29 is 24.3 Å². The van der Waals surface area contributed by atoms with E-state index in [4.69, 9.17) is 0 Å². The first-order valence-corrected chi connectivity index (χ1v) is 13.1. The van der Waals surface area contributed by atoms with Crippen LogP contribution in [0.1, 0.15) is 63.1 Å². The summed E-state index contributed by atoms with van der Waals surface area (Å²) < 4.78 is 1.89. The predicted octanol–water partition coefficient (Wildman–Crippen LogP) is 4.96. The van der Waals surface area contributed by atoms with Crippen molar-refractivity contribution in [1.82, 2.24) is 9.88 Å². The van der Waals surface area contributed by atoms with E-state index in [2.05, 4.69) is 5.32 Å². The molecule has 0 radical (unpaired) electrons. The summed E-state index contributed by atoms with van der Waals surface area (Å²) in [5.41, 5.74) is 4.44. The van der Waals surface area contributed by atoms with E-state index in [1.165, 1.54) is 17.4 Å². The maximum atomic E-state index is 13.5. The fraction of sp³-hybridized carbons (Fsp3) is 0.286. The minimum Gasteiger partial charge on any atom is -0.478 e. The highest BCUT2D eigenvalue weighted by molar-refractivity contribution is 7.15. The van der Waals surface area contributed by atoms with Crippen molar-refractivity contribution in [2.45, 2.75) is 52.9 Å². The monoisotopic (exact) mass is 517 g/mol. The number of carbonyl (C=O) groups is 4. The zero-order valence-corrected chi connectivity index (χ0v) is 21.7. The molecule has 4 amide bonds. The first kappa shape index (κ1) is 24.7. The second-order valence-electron chi connectivity index (χ2n) is 9.30. The number of aromatic carboxylic acids is 1. The lowest BCUT2D eigenvalue weighted by Gasteiger charge is -2.27. The normalized spacial score (nSPS) is 16.8. The summed E-state index contributed by atoms with van der Waals surface area (Å²) >= 11 is 1.50. The number of hydrogen-bond donors (Lipinski definition) is 2. The smallest absolute Gasteiger partial charge is 0.339 e. The molecule has 1 aromatic carbocycles. The van der Waals surface area contributed by atoms with E-state index in [0.717, 1.165) is 52.3 Å². The number of nitrogens with one attached hydrogen (secondary N) is 1. The molecule has 0 spiro atoms. The molecule has 1 saturated heterocycles. The molecule has 1 fully saturated rings. The van der Waals surface area contributed by atoms with Crippen LogP contribution < -0.4 is 10.2 Å². The highest BCUT2D eigenvalue weighted by atomic mass is 32.1. The van der Waals surface area contributed by atoms with Crippen LogP contribution in [-0.2, 0) is 28.9 Å². The van der Waals surface area contributed by atoms with Gasteiger partial charge >= 0.3 is 12.0 Å². The predicted molar refractivity (Wildman–Crippen MR) is 142 cm³/mol. The van der Waals surface area contributed by atoms with Crippen LogP contribution in [0, 0.1) is 13.8 Å². The first-order valence-electron chi connectivity index (χ1n) is 12.3. The topological polar surface area (TPSA) is 109 Å². The number of barbiturate groups is 1. The number of carboxylic acid groups (broad SMARTS) is 1. The maximum Gasteiger partial charge on any atom is 0.339 e. The van der Waals surface area contributed by atoms with E-state index in [-0.39, 0.29) is 5.57 Å². The first-order chi connectivity index (χ1) is 17.7. The number of rotatable bonds is 5. The van der Waals surface area contributed by atoms with Crippen LogP contribution in [0.15, 0.2) is 35.9 Å². The maximum absolute atomic E-state index is 13.5. The molecule has 37 heavy (non-hydrogen) atoms. The zero-order chi connectivity index (χ0) is 26.4. The third-order valence-corrected chi connectivity index (χ3v) is 8.33. The number of carbonyl (C=O) groups excluding carboxylic acids is 3. The van der Waals surface area contributed by atoms with Crippen LogP contribution in [0.4, 0.5) is 10.5 Å². The van der Waals surface area contributed by atoms with E-state index in [9.17, 15) is 24.3 Å². The van der Waals surface area contributed by atoms with Crippen LogP contribution in [0.5, 0.6) is 0 Å². The van der Waals surface area contributed by atoms with Crippen LogP contribution in [0.3, 0.4) is 0 Å². The molecule has 1 aliphatic heterocycles. The van der Waals surface area contributed by atoms with Gasteiger partial charge in [0.2, 0.25) is 0 Å². The summed E-state index contributed by atoms with van der Waals surface area (Å²) in [6.07, 6.45) is 5.73. The van der Waals surface area contributed by atoms with Gasteiger partial charge in [-0.05, 0) is 80.9 Å². The lowest BCUT2D eigenvalue weighted by molar-refractivity contribution is -0.122. The Morgan fingerprint density at radius 1 is 1.14 bits per heavy atom. The van der Waals surface area contributed by atoms with Gasteiger partial charge in [-0.1, -0.05) is 25.1 Å². The molecule has 0 bridgehead atoms. The third-order valence-electron chi connectivity index (χ3n) is 7.05. The van der Waals surface area contributed by atoms with E-state index in [1.54, 1.807) is 12.1 Å². The van der Waals surface area contributed by atoms with Crippen LogP contribution in [0.25, 0.3) is 11.1 Å². The number of hydrogen-bond acceptors (Lipinski definition) is 5. The van der Waals surface area contributed by atoms with E-state index in [1.807, 2.05) is 43.5 Å². The van der Waals surface area contributed by atoms with Crippen LogP contribution >= 0.6 is 11.3 Å². The molecule has 2 aliphatic rings. The Morgan fingerprint density at radius 3 is 2.59 bits per heavy atom. The number of aromatic nitrogens is 1. The van der Waals surface area contributed by atoms with Gasteiger partial charge in [0.05, 0.1) is 11.3 Å². The van der Waals surface area contributed by atoms with E-state index in [0.29, 0.717) is 33.9 Å². The van der Waals surface area contributed by atoms with Gasteiger partial charge in [-0.15, -0.1) is 11.3 Å². The fourth-order valence-corrected chi connectivity index (χ4v) is 6.73. The number of para-hydroxylation sites is 1. The Balaban J connectivity index is 1.60. The molecule has 3 aromatic rings. The number of anilines is 1. The summed E-state index contributed by atoms with van der Waals surface area (Å²) in [5, 5.41) is 13.0. The number of amides is 4. The molecule has 2 aromatic heterocycles. The largest absolute Gasteiger partial charge is 0.478 e. The minimum absolute atomic E-state index is 0.158. The average molecular weight is 518 g/mol. The molecule has 5 rings (SSSR count). The minimum atomic E-state index is -0.951. The zero-order valence-electron chi connectivity index (χ0n) is 20.9. The number of imide groups is 2. The molecule has 1 aliphatic carbocycles. The molecule has 190 valence electrons. The Hall–Kier alpha value is -3.98. The number of urea groups is 1. The second-order valence-corrected chi connectivity index (χ2v) is 10.4. The van der Waals surface area contributed by atoms with E-state index >= 15 is 0 Å². The molecule has 0 saturated carbocycles. The van der Waals surface area contributed by atoms with E-state index < -0.39 is 23.8 Å². The molecule has 2 N–H and O–H groups in total. The quantitative estimate of drug-likeness (QED) is 0.367. The number of fused-ring (bicyclic) bond motifs is 1. The van der Waals surface area contributed by atoms with Crippen LogP contribution in [0.2, 0.25) is 0 Å². The summed E-state index contributed by atoms with van der Waals surface area (Å²) in [6.45, 7) is 5.63. The Labute approximate surface area is 218 Å². The Morgan fingerprint density at radius 2 is 1.86 bits per heavy atom. The standard InChI is InChI=1S/C28H27N3O5S/c1-4-17-9-5-7-11-21(17)31-25(33)20(24(32)29-28(31)36)14-18-13-15(2)30(16(18)3)26-23(27(34)35)19-10-6-8-12-22(19)37-26/h5,7,9,11,13-14H,4,6,8,10,12H2,1-3H3,(H,34,35)(H,29,32,36)/b20-14+. The highest BCUT2D eigenvalue weighted by Crippen LogP contribution is 2.39. The van der Waals surface area contributed by atoms with Gasteiger partial charge in [0.1, 0.15) is 10.6 Å². The molecule has 8 nitrogen and oxygen atoms in total. The highest BCUT2D eigenvalue weighted by Gasteiger charge is 2.38. The molecule has 3 heterocycles. The van der Waals surface area contributed by atoms with Gasteiger partial charge in [0.15, 0.2) is 0 Å². The number of carboxylic acids is 1. The van der Waals surface area contributed by atoms with Gasteiger partial charge in [-0.25, -0.2) is 14.5 Å². The third kappa shape index (κ3) is 4.09. The van der Waals surface area contributed by atoms with Crippen molar-refractivity contribution in [2.75, 3.05) is 4.90 Å². The average Bonchev–Trinajstić information content (AvgIpc) is 3.37. The number of benzene rings is 1. The molecule has 9 heteroatoms. The molecule has 0 atom stereocenters. The van der Waals surface area contributed by atoms with Gasteiger partial charge in [0.25, 0.3) is 11.8 Å². The van der Waals surface area contributed by atoms with Crippen molar-refractivity contribution in [1.29, 1.82) is 0 Å². The van der Waals surface area contributed by atoms with Crippen LogP contribution in [-0.4, -0.2) is 33.5 Å². The van der Waals surface area contributed by atoms with Crippen molar-refractivity contribution in [3.05, 3.63) is 74.4 Å². The summed E-state index contributed by atoms with van der Waals surface area (Å²) in [6, 6.07) is 8.14. The Bertz CT molecular complexity index is 1510. The molecule has 0 unspecified atom stereocenters. The molecular weight excluding hydrogens is 490 g/mol. The lowest BCUT2D eigenvalue weighted by atomic mass is 9.95. The SMILES string of the molecule is CCc1ccccc1N1C(=O)NC(=O)/C(=C\c2cc(C)n(-c3sc4c(c3C(=O)O)CCCC4)c2C)C1=O. The van der Waals surface area contributed by atoms with Gasteiger partial charge in [0, 0.05) is 16.3 Å². The number of thiophene rings is 1. The molecular formula is C28H27N3O5S. The second kappa shape index (κ2) is 9.48. The van der Waals surface area contributed by atoms with Gasteiger partial charge in [-0.2, -0.15) is 0 Å². The summed E-state index contributed by atoms with van der Waals surface area (Å²) in [4.78, 5) is 53.3. The van der Waals surface area contributed by atoms with Gasteiger partial charge < -0.3 is 9.67 Å². The summed E-state index contributed by atoms with van der Waals surface area (Å²) in [5.74, 6) is -2.41. The van der Waals surface area contributed by atoms with Crippen molar-refractivity contribution >= 4 is 46.9 Å². The van der Waals surface area contributed by atoms with Crippen molar-refractivity contribution in [3.8, 4) is 5.00 Å². The van der Waals surface area contributed by atoms with Crippen molar-refractivity contribution in [3.63, 3.8) is 0 Å². The van der Waals surface area contributed by atoms with Gasteiger partial charge in [-0.3, -0.25) is 14.9 Å².